The zero-order chi connectivity index (χ0) is 18.9. The summed E-state index contributed by atoms with van der Waals surface area (Å²) in [6.07, 6.45) is 14.6. The lowest BCUT2D eigenvalue weighted by molar-refractivity contribution is -0.137. The molecular weight excluding hydrogens is 332 g/mol. The summed E-state index contributed by atoms with van der Waals surface area (Å²) < 4.78 is 5.94. The van der Waals surface area contributed by atoms with Crippen LogP contribution >= 0.6 is 0 Å². The van der Waals surface area contributed by atoms with Crippen LogP contribution in [0.4, 0.5) is 0 Å². The molecule has 1 unspecified atom stereocenters. The Morgan fingerprint density at radius 1 is 1.19 bits per heavy atom. The molecule has 5 heteroatoms. The lowest BCUT2D eigenvalue weighted by atomic mass is 9.77. The lowest BCUT2D eigenvalue weighted by Gasteiger charge is -2.26. The van der Waals surface area contributed by atoms with Crippen molar-refractivity contribution < 1.29 is 24.9 Å². The van der Waals surface area contributed by atoms with Crippen LogP contribution in [0.15, 0.2) is 24.3 Å². The van der Waals surface area contributed by atoms with E-state index in [-0.39, 0.29) is 30.5 Å². The molecule has 26 heavy (non-hydrogen) atoms. The van der Waals surface area contributed by atoms with E-state index in [4.69, 9.17) is 9.84 Å². The van der Waals surface area contributed by atoms with Gasteiger partial charge < -0.3 is 20.1 Å². The van der Waals surface area contributed by atoms with Gasteiger partial charge in [-0.2, -0.15) is 0 Å². The number of fused-ring (bicyclic) bond motifs is 2. The van der Waals surface area contributed by atoms with E-state index in [1.54, 1.807) is 0 Å². The van der Waals surface area contributed by atoms with Crippen LogP contribution in [0.3, 0.4) is 0 Å². The second-order valence-corrected chi connectivity index (χ2v) is 7.61. The number of allylic oxidation sites excluding steroid dienone is 1. The molecule has 0 aromatic carbocycles. The number of hydrogen-bond donors (Lipinski definition) is 3. The van der Waals surface area contributed by atoms with Crippen LogP contribution in [0.5, 0.6) is 0 Å². The summed E-state index contributed by atoms with van der Waals surface area (Å²) in [5, 5.41) is 28.9. The Hall–Kier alpha value is -1.17. The van der Waals surface area contributed by atoms with Crippen LogP contribution in [0.2, 0.25) is 0 Å². The minimum Gasteiger partial charge on any atom is -0.481 e. The first-order chi connectivity index (χ1) is 12.5. The molecule has 0 radical (unpaired) electrons. The highest BCUT2D eigenvalue weighted by Crippen LogP contribution is 2.45. The molecule has 2 aliphatic heterocycles. The maximum absolute atomic E-state index is 10.5. The molecule has 0 amide bonds. The van der Waals surface area contributed by atoms with Crippen molar-refractivity contribution in [2.24, 2.45) is 11.8 Å². The quantitative estimate of drug-likeness (QED) is 0.364. The SMILES string of the molecule is CCCCCC(O)C=C[C@H]1[C@H](C=CCCCCC(=O)O)[C@@H]2O[C@H]1C[C@H]2O. The zero-order valence-corrected chi connectivity index (χ0v) is 15.8. The molecule has 2 heterocycles. The largest absolute Gasteiger partial charge is 0.481 e. The van der Waals surface area contributed by atoms with Gasteiger partial charge in [0.05, 0.1) is 24.4 Å². The summed E-state index contributed by atoms with van der Waals surface area (Å²) in [6.45, 7) is 2.15. The van der Waals surface area contributed by atoms with E-state index in [1.807, 2.05) is 6.08 Å². The second-order valence-electron chi connectivity index (χ2n) is 7.61. The maximum atomic E-state index is 10.5. The van der Waals surface area contributed by atoms with Gasteiger partial charge in [-0.15, -0.1) is 0 Å². The molecule has 2 saturated heterocycles. The van der Waals surface area contributed by atoms with Crippen LogP contribution in [-0.4, -0.2) is 45.7 Å². The number of carboxylic acids is 1. The Kier molecular flexibility index (Phi) is 8.82. The molecule has 5 nitrogen and oxygen atoms in total. The van der Waals surface area contributed by atoms with Crippen LogP contribution in [-0.2, 0) is 9.53 Å². The average molecular weight is 366 g/mol. The highest BCUT2D eigenvalue weighted by atomic mass is 16.5. The third kappa shape index (κ3) is 6.22. The van der Waals surface area contributed by atoms with Crippen molar-refractivity contribution in [2.45, 2.75) is 89.1 Å². The van der Waals surface area contributed by atoms with Gasteiger partial charge in [-0.25, -0.2) is 0 Å². The fourth-order valence-electron chi connectivity index (χ4n) is 4.02. The molecule has 2 rings (SSSR count). The Labute approximate surface area is 156 Å². The molecule has 0 spiro atoms. The van der Waals surface area contributed by atoms with Crippen LogP contribution in [0.25, 0.3) is 0 Å². The molecule has 0 aromatic heterocycles. The highest BCUT2D eigenvalue weighted by molar-refractivity contribution is 5.66. The topological polar surface area (TPSA) is 87.0 Å². The summed E-state index contributed by atoms with van der Waals surface area (Å²) >= 11 is 0. The summed E-state index contributed by atoms with van der Waals surface area (Å²) in [6, 6.07) is 0. The molecule has 0 aromatic rings. The normalized spacial score (nSPS) is 32.0. The summed E-state index contributed by atoms with van der Waals surface area (Å²) in [7, 11) is 0. The van der Waals surface area contributed by atoms with E-state index < -0.39 is 18.2 Å². The molecular formula is C21H34O5. The summed E-state index contributed by atoms with van der Waals surface area (Å²) in [4.78, 5) is 10.5. The third-order valence-corrected chi connectivity index (χ3v) is 5.47. The Balaban J connectivity index is 1.84. The van der Waals surface area contributed by atoms with Gasteiger partial charge in [0.1, 0.15) is 0 Å². The van der Waals surface area contributed by atoms with Gasteiger partial charge in [-0.1, -0.05) is 50.5 Å². The predicted molar refractivity (Wildman–Crippen MR) is 101 cm³/mol. The first kappa shape index (κ1) is 21.1. The van der Waals surface area contributed by atoms with Gasteiger partial charge in [0.15, 0.2) is 0 Å². The standard InChI is InChI=1S/C21H34O5/c1-2-3-6-9-15(22)12-13-16-17(21-18(23)14-19(16)26-21)10-7-4-5-8-11-20(24)25/h7,10,12-13,15-19,21-23H,2-6,8-9,11,14H2,1H3,(H,24,25)/t15?,16-,17-,18+,19-,21-/m0/s1. The number of carbonyl (C=O) groups is 1. The second kappa shape index (κ2) is 10.9. The number of ether oxygens (including phenoxy) is 1. The minimum absolute atomic E-state index is 0.0238. The van der Waals surface area contributed by atoms with E-state index in [2.05, 4.69) is 25.2 Å². The smallest absolute Gasteiger partial charge is 0.303 e. The van der Waals surface area contributed by atoms with Crippen molar-refractivity contribution >= 4 is 5.97 Å². The van der Waals surface area contributed by atoms with Crippen molar-refractivity contribution in [1.29, 1.82) is 0 Å². The van der Waals surface area contributed by atoms with E-state index >= 15 is 0 Å². The summed E-state index contributed by atoms with van der Waals surface area (Å²) in [5.74, 6) is -0.428. The third-order valence-electron chi connectivity index (χ3n) is 5.47. The van der Waals surface area contributed by atoms with Crippen molar-refractivity contribution in [2.75, 3.05) is 0 Å². The number of unbranched alkanes of at least 4 members (excludes halogenated alkanes) is 4. The van der Waals surface area contributed by atoms with Crippen LogP contribution < -0.4 is 0 Å². The fourth-order valence-corrected chi connectivity index (χ4v) is 4.02. The van der Waals surface area contributed by atoms with Gasteiger partial charge in [-0.3, -0.25) is 4.79 Å². The summed E-state index contributed by atoms with van der Waals surface area (Å²) in [5.41, 5.74) is 0. The maximum Gasteiger partial charge on any atom is 0.303 e. The van der Waals surface area contributed by atoms with Crippen LogP contribution in [0, 0.1) is 11.8 Å². The average Bonchev–Trinajstić information content (AvgIpc) is 3.13. The molecule has 0 aliphatic carbocycles. The number of aliphatic hydroxyl groups is 2. The Morgan fingerprint density at radius 2 is 2.00 bits per heavy atom. The van der Waals surface area contributed by atoms with Gasteiger partial charge >= 0.3 is 5.97 Å². The van der Waals surface area contributed by atoms with Gasteiger partial charge in [0.2, 0.25) is 0 Å². The highest BCUT2D eigenvalue weighted by Gasteiger charge is 2.51. The van der Waals surface area contributed by atoms with Crippen molar-refractivity contribution in [3.63, 3.8) is 0 Å². The molecule has 3 N–H and O–H groups in total. The van der Waals surface area contributed by atoms with Gasteiger partial charge in [0.25, 0.3) is 0 Å². The molecule has 0 saturated carbocycles. The van der Waals surface area contributed by atoms with E-state index in [0.717, 1.165) is 38.5 Å². The Morgan fingerprint density at radius 3 is 2.73 bits per heavy atom. The first-order valence-electron chi connectivity index (χ1n) is 10.1. The van der Waals surface area contributed by atoms with Crippen molar-refractivity contribution in [3.05, 3.63) is 24.3 Å². The molecule has 6 atom stereocenters. The van der Waals surface area contributed by atoms with Crippen LogP contribution in [0.1, 0.15) is 64.7 Å². The number of aliphatic hydroxyl groups excluding tert-OH is 2. The monoisotopic (exact) mass is 366 g/mol. The molecule has 2 fully saturated rings. The lowest BCUT2D eigenvalue weighted by Crippen LogP contribution is -2.34. The Bertz CT molecular complexity index is 487. The van der Waals surface area contributed by atoms with Crippen molar-refractivity contribution in [1.82, 2.24) is 0 Å². The minimum atomic E-state index is -0.749. The number of aliphatic carboxylic acids is 1. The predicted octanol–water partition coefficient (Wildman–Crippen LogP) is 3.45. The fraction of sp³-hybridized carbons (Fsp3) is 0.762. The van der Waals surface area contributed by atoms with E-state index in [1.165, 1.54) is 0 Å². The van der Waals surface area contributed by atoms with Crippen molar-refractivity contribution in [3.8, 4) is 0 Å². The first-order valence-corrected chi connectivity index (χ1v) is 10.1. The number of rotatable bonds is 12. The molecule has 2 bridgehead atoms. The molecule has 2 aliphatic rings. The zero-order valence-electron chi connectivity index (χ0n) is 15.8. The van der Waals surface area contributed by atoms with E-state index in [9.17, 15) is 15.0 Å². The number of hydrogen-bond acceptors (Lipinski definition) is 4. The number of carboxylic acid groups (broad SMARTS) is 1. The van der Waals surface area contributed by atoms with E-state index in [0.29, 0.717) is 12.8 Å². The van der Waals surface area contributed by atoms with Gasteiger partial charge in [0, 0.05) is 24.7 Å². The molecule has 148 valence electrons. The van der Waals surface area contributed by atoms with Gasteiger partial charge in [-0.05, 0) is 25.7 Å².